The zero-order valence-electron chi connectivity index (χ0n) is 9.36. The molecule has 1 atom stereocenters. The first-order chi connectivity index (χ1) is 7.95. The van der Waals surface area contributed by atoms with Gasteiger partial charge in [-0.2, -0.15) is 0 Å². The standard InChI is InChI=1S/C11H12ClNO4/c1-6(12)10(14)13-8-5-7(11(15)16)3-4-9(8)17-2/h3-6H,1-2H3,(H,13,14)(H,15,16). The number of carbonyl (C=O) groups excluding carboxylic acids is 1. The number of carboxylic acids is 1. The van der Waals surface area contributed by atoms with Crippen molar-refractivity contribution in [3.63, 3.8) is 0 Å². The number of benzene rings is 1. The summed E-state index contributed by atoms with van der Waals surface area (Å²) in [4.78, 5) is 22.2. The fourth-order valence-electron chi connectivity index (χ4n) is 1.17. The van der Waals surface area contributed by atoms with E-state index < -0.39 is 17.3 Å². The highest BCUT2D eigenvalue weighted by molar-refractivity contribution is 6.32. The number of carbonyl (C=O) groups is 2. The molecule has 2 N–H and O–H groups in total. The number of alkyl halides is 1. The number of ether oxygens (including phenoxy) is 1. The maximum absolute atomic E-state index is 11.4. The van der Waals surface area contributed by atoms with E-state index in [0.29, 0.717) is 5.75 Å². The van der Waals surface area contributed by atoms with Crippen molar-refractivity contribution in [2.45, 2.75) is 12.3 Å². The number of amides is 1. The zero-order chi connectivity index (χ0) is 13.0. The smallest absolute Gasteiger partial charge is 0.335 e. The van der Waals surface area contributed by atoms with Crippen LogP contribution in [0.1, 0.15) is 17.3 Å². The number of methoxy groups -OCH3 is 1. The molecule has 5 nitrogen and oxygen atoms in total. The van der Waals surface area contributed by atoms with Gasteiger partial charge in [-0.15, -0.1) is 11.6 Å². The van der Waals surface area contributed by atoms with Gasteiger partial charge in [-0.3, -0.25) is 4.79 Å². The fourth-order valence-corrected chi connectivity index (χ4v) is 1.23. The molecule has 1 aromatic carbocycles. The minimum Gasteiger partial charge on any atom is -0.495 e. The molecule has 0 heterocycles. The Bertz CT molecular complexity index is 445. The van der Waals surface area contributed by atoms with Crippen molar-refractivity contribution in [2.24, 2.45) is 0 Å². The van der Waals surface area contributed by atoms with Crippen LogP contribution >= 0.6 is 11.6 Å². The zero-order valence-corrected chi connectivity index (χ0v) is 10.1. The van der Waals surface area contributed by atoms with Crippen LogP contribution in [0, 0.1) is 0 Å². The lowest BCUT2D eigenvalue weighted by molar-refractivity contribution is -0.115. The summed E-state index contributed by atoms with van der Waals surface area (Å²) in [5.74, 6) is -1.13. The van der Waals surface area contributed by atoms with Crippen molar-refractivity contribution in [2.75, 3.05) is 12.4 Å². The second-order valence-corrected chi connectivity index (χ2v) is 3.98. The normalized spacial score (nSPS) is 11.7. The Labute approximate surface area is 103 Å². The van der Waals surface area contributed by atoms with Crippen LogP contribution in [0.5, 0.6) is 5.75 Å². The molecule has 17 heavy (non-hydrogen) atoms. The first-order valence-corrected chi connectivity index (χ1v) is 5.25. The third kappa shape index (κ3) is 3.35. The summed E-state index contributed by atoms with van der Waals surface area (Å²) < 4.78 is 5.01. The van der Waals surface area contributed by atoms with Crippen molar-refractivity contribution in [3.05, 3.63) is 23.8 Å². The van der Waals surface area contributed by atoms with E-state index in [1.165, 1.54) is 32.2 Å². The fraction of sp³-hybridized carbons (Fsp3) is 0.273. The number of halogens is 1. The number of anilines is 1. The van der Waals surface area contributed by atoms with Crippen molar-refractivity contribution in [1.29, 1.82) is 0 Å². The maximum Gasteiger partial charge on any atom is 0.335 e. The molecule has 0 radical (unpaired) electrons. The second kappa shape index (κ2) is 5.54. The molecule has 0 spiro atoms. The Morgan fingerprint density at radius 2 is 2.12 bits per heavy atom. The highest BCUT2D eigenvalue weighted by Crippen LogP contribution is 2.25. The molecule has 0 aliphatic carbocycles. The van der Waals surface area contributed by atoms with E-state index in [-0.39, 0.29) is 11.3 Å². The van der Waals surface area contributed by atoms with Crippen LogP contribution in [0.3, 0.4) is 0 Å². The summed E-state index contributed by atoms with van der Waals surface area (Å²) in [6.07, 6.45) is 0. The van der Waals surface area contributed by atoms with E-state index in [0.717, 1.165) is 0 Å². The van der Waals surface area contributed by atoms with Crippen LogP contribution in [0.25, 0.3) is 0 Å². The van der Waals surface area contributed by atoms with Gasteiger partial charge < -0.3 is 15.2 Å². The highest BCUT2D eigenvalue weighted by atomic mass is 35.5. The van der Waals surface area contributed by atoms with Crippen molar-refractivity contribution in [3.8, 4) is 5.75 Å². The molecule has 1 rings (SSSR count). The molecule has 1 unspecified atom stereocenters. The quantitative estimate of drug-likeness (QED) is 0.809. The topological polar surface area (TPSA) is 75.6 Å². The summed E-state index contributed by atoms with van der Waals surface area (Å²) in [7, 11) is 1.43. The van der Waals surface area contributed by atoms with Gasteiger partial charge in [0.25, 0.3) is 0 Å². The van der Waals surface area contributed by atoms with Crippen molar-refractivity contribution < 1.29 is 19.4 Å². The Morgan fingerprint density at radius 1 is 1.47 bits per heavy atom. The van der Waals surface area contributed by atoms with Crippen LogP contribution < -0.4 is 10.1 Å². The number of carboxylic acid groups (broad SMARTS) is 1. The number of nitrogens with one attached hydrogen (secondary N) is 1. The first-order valence-electron chi connectivity index (χ1n) is 4.82. The van der Waals surface area contributed by atoms with Gasteiger partial charge in [-0.25, -0.2) is 4.79 Å². The lowest BCUT2D eigenvalue weighted by Crippen LogP contribution is -2.20. The molecule has 0 fully saturated rings. The third-order valence-corrected chi connectivity index (χ3v) is 2.26. The molecule has 1 aromatic rings. The Morgan fingerprint density at radius 3 is 2.59 bits per heavy atom. The van der Waals surface area contributed by atoms with Gasteiger partial charge in [0.2, 0.25) is 5.91 Å². The van der Waals surface area contributed by atoms with Gasteiger partial charge in [-0.1, -0.05) is 0 Å². The summed E-state index contributed by atoms with van der Waals surface area (Å²) in [6.45, 7) is 1.52. The van der Waals surface area contributed by atoms with Gasteiger partial charge in [0.15, 0.2) is 0 Å². The largest absolute Gasteiger partial charge is 0.495 e. The van der Waals surface area contributed by atoms with E-state index in [1.807, 2.05) is 0 Å². The molecule has 92 valence electrons. The average molecular weight is 258 g/mol. The molecular weight excluding hydrogens is 246 g/mol. The molecule has 0 aromatic heterocycles. The predicted molar refractivity (Wildman–Crippen MR) is 63.9 cm³/mol. The lowest BCUT2D eigenvalue weighted by Gasteiger charge is -2.11. The van der Waals surface area contributed by atoms with E-state index in [9.17, 15) is 9.59 Å². The molecule has 0 aliphatic rings. The van der Waals surface area contributed by atoms with Crippen LogP contribution in [0.2, 0.25) is 0 Å². The Hall–Kier alpha value is -1.75. The minimum atomic E-state index is -1.08. The predicted octanol–water partition coefficient (Wildman–Crippen LogP) is 1.96. The van der Waals surface area contributed by atoms with E-state index >= 15 is 0 Å². The van der Waals surface area contributed by atoms with Gasteiger partial charge in [-0.05, 0) is 25.1 Å². The van der Waals surface area contributed by atoms with E-state index in [1.54, 1.807) is 0 Å². The summed E-state index contributed by atoms with van der Waals surface area (Å²) in [6, 6.07) is 4.18. The minimum absolute atomic E-state index is 0.0586. The third-order valence-electron chi connectivity index (χ3n) is 2.07. The molecule has 0 saturated carbocycles. The van der Waals surface area contributed by atoms with E-state index in [2.05, 4.69) is 5.32 Å². The lowest BCUT2D eigenvalue weighted by atomic mass is 10.2. The molecule has 0 saturated heterocycles. The summed E-state index contributed by atoms with van der Waals surface area (Å²) in [5, 5.41) is 10.6. The Balaban J connectivity index is 3.06. The summed E-state index contributed by atoms with van der Waals surface area (Å²) in [5.41, 5.74) is 0.341. The van der Waals surface area contributed by atoms with Crippen LogP contribution in [0.15, 0.2) is 18.2 Å². The average Bonchev–Trinajstić information content (AvgIpc) is 2.28. The highest BCUT2D eigenvalue weighted by Gasteiger charge is 2.14. The SMILES string of the molecule is COc1ccc(C(=O)O)cc1NC(=O)C(C)Cl. The molecule has 1 amide bonds. The maximum atomic E-state index is 11.4. The number of hydrogen-bond donors (Lipinski definition) is 2. The number of rotatable bonds is 4. The summed E-state index contributed by atoms with van der Waals surface area (Å²) >= 11 is 5.61. The van der Waals surface area contributed by atoms with Gasteiger partial charge >= 0.3 is 5.97 Å². The molecule has 0 bridgehead atoms. The van der Waals surface area contributed by atoms with E-state index in [4.69, 9.17) is 21.4 Å². The second-order valence-electron chi connectivity index (χ2n) is 3.33. The monoisotopic (exact) mass is 257 g/mol. The van der Waals surface area contributed by atoms with Crippen molar-refractivity contribution in [1.82, 2.24) is 0 Å². The van der Waals surface area contributed by atoms with Gasteiger partial charge in [0.1, 0.15) is 11.1 Å². The molecule has 6 heteroatoms. The molecular formula is C11H12ClNO4. The number of hydrogen-bond acceptors (Lipinski definition) is 3. The van der Waals surface area contributed by atoms with Gasteiger partial charge in [0, 0.05) is 0 Å². The number of aromatic carboxylic acids is 1. The Kier molecular flexibility index (Phi) is 4.34. The van der Waals surface area contributed by atoms with Crippen LogP contribution in [-0.2, 0) is 4.79 Å². The van der Waals surface area contributed by atoms with Crippen LogP contribution in [-0.4, -0.2) is 29.5 Å². The van der Waals surface area contributed by atoms with Gasteiger partial charge in [0.05, 0.1) is 18.4 Å². The van der Waals surface area contributed by atoms with Crippen molar-refractivity contribution >= 4 is 29.2 Å². The first kappa shape index (κ1) is 13.3. The van der Waals surface area contributed by atoms with Crippen LogP contribution in [0.4, 0.5) is 5.69 Å². The molecule has 0 aliphatic heterocycles.